The van der Waals surface area contributed by atoms with Crippen LogP contribution in [-0.2, 0) is 0 Å². The first-order valence-corrected chi connectivity index (χ1v) is 6.53. The Morgan fingerprint density at radius 1 is 0.857 bits per heavy atom. The third-order valence-corrected chi connectivity index (χ3v) is 2.76. The van der Waals surface area contributed by atoms with Crippen LogP contribution in [0.3, 0.4) is 0 Å². The fraction of sp³-hybridized carbons (Fsp3) is 1.00. The number of nitrogens with two attached hydrogens (primary N) is 1. The highest BCUT2D eigenvalue weighted by Gasteiger charge is 1.94. The van der Waals surface area contributed by atoms with E-state index in [4.69, 9.17) is 5.73 Å². The van der Waals surface area contributed by atoms with Gasteiger partial charge in [-0.2, -0.15) is 0 Å². The first kappa shape index (κ1) is 14.0. The minimum absolute atomic E-state index is 0.402. The van der Waals surface area contributed by atoms with Crippen LogP contribution in [0.5, 0.6) is 0 Å². The highest BCUT2D eigenvalue weighted by molar-refractivity contribution is 6.11. The maximum atomic E-state index is 5.69. The lowest BCUT2D eigenvalue weighted by Crippen LogP contribution is -2.18. The van der Waals surface area contributed by atoms with Crippen LogP contribution >= 0.6 is 0 Å². The van der Waals surface area contributed by atoms with Crippen LogP contribution in [0.4, 0.5) is 0 Å². The highest BCUT2D eigenvalue weighted by Crippen LogP contribution is 2.10. The minimum atomic E-state index is 0.402. The Bertz CT molecular complexity index is 104. The van der Waals surface area contributed by atoms with Crippen LogP contribution in [0.2, 0.25) is 0 Å². The maximum absolute atomic E-state index is 5.69. The number of hydrogen-bond donors (Lipinski definition) is 1. The molecule has 14 heavy (non-hydrogen) atoms. The molecular weight excluding hydrogens is 169 g/mol. The average Bonchev–Trinajstić information content (AvgIpc) is 2.15. The molecule has 0 aliphatic carbocycles. The topological polar surface area (TPSA) is 26.0 Å². The Hall–Kier alpha value is 0.0249. The molecule has 0 heterocycles. The Kier molecular flexibility index (Phi) is 11.1. The molecule has 0 aliphatic heterocycles. The molecule has 1 atom stereocenters. The normalized spacial score (nSPS) is 13.0. The van der Waals surface area contributed by atoms with E-state index in [0.29, 0.717) is 5.94 Å². The van der Waals surface area contributed by atoms with E-state index in [1.165, 1.54) is 64.2 Å². The molecule has 0 bridgehead atoms. The van der Waals surface area contributed by atoms with Crippen molar-refractivity contribution in [2.75, 3.05) is 0 Å². The van der Waals surface area contributed by atoms with Gasteiger partial charge >= 0.3 is 0 Å². The van der Waals surface area contributed by atoms with Gasteiger partial charge in [-0.15, -0.1) is 0 Å². The molecule has 0 fully saturated rings. The maximum Gasteiger partial charge on any atom is 0.123 e. The van der Waals surface area contributed by atoms with Crippen LogP contribution in [-0.4, -0.2) is 13.8 Å². The van der Waals surface area contributed by atoms with Gasteiger partial charge in [0.25, 0.3) is 0 Å². The van der Waals surface area contributed by atoms with Crippen molar-refractivity contribution in [2.45, 2.75) is 77.1 Å². The van der Waals surface area contributed by atoms with Crippen molar-refractivity contribution in [2.24, 2.45) is 5.73 Å². The van der Waals surface area contributed by atoms with Crippen molar-refractivity contribution < 1.29 is 0 Å². The van der Waals surface area contributed by atoms with E-state index < -0.39 is 0 Å². The van der Waals surface area contributed by atoms with Gasteiger partial charge in [0.05, 0.1) is 0 Å². The first-order valence-electron chi connectivity index (χ1n) is 6.53. The van der Waals surface area contributed by atoms with Crippen molar-refractivity contribution in [3.05, 3.63) is 0 Å². The van der Waals surface area contributed by atoms with Crippen molar-refractivity contribution in [3.63, 3.8) is 0 Å². The fourth-order valence-corrected chi connectivity index (χ4v) is 1.78. The number of hydrogen-bond acceptors (Lipinski definition) is 1. The summed E-state index contributed by atoms with van der Waals surface area (Å²) < 4.78 is 0. The molecule has 0 radical (unpaired) electrons. The zero-order valence-corrected chi connectivity index (χ0v) is 10.2. The van der Waals surface area contributed by atoms with E-state index in [-0.39, 0.29) is 0 Å². The van der Waals surface area contributed by atoms with E-state index in [9.17, 15) is 0 Å². The van der Waals surface area contributed by atoms with Gasteiger partial charge in [0, 0.05) is 0 Å². The lowest BCUT2D eigenvalue weighted by Gasteiger charge is -2.04. The quantitative estimate of drug-likeness (QED) is 0.423. The molecule has 0 amide bonds. The molecule has 0 saturated heterocycles. The first-order chi connectivity index (χ1) is 6.77. The van der Waals surface area contributed by atoms with Crippen molar-refractivity contribution in [1.29, 1.82) is 0 Å². The lowest BCUT2D eigenvalue weighted by atomic mass is 9.92. The minimum Gasteiger partial charge on any atom is -0.335 e. The third kappa shape index (κ3) is 12.0. The van der Waals surface area contributed by atoms with Crippen LogP contribution in [0.1, 0.15) is 71.1 Å². The molecule has 2 heteroatoms. The lowest BCUT2D eigenvalue weighted by molar-refractivity contribution is 0.553. The van der Waals surface area contributed by atoms with Gasteiger partial charge in [0.15, 0.2) is 0 Å². The van der Waals surface area contributed by atoms with Gasteiger partial charge in [0.1, 0.15) is 7.85 Å². The molecule has 2 N–H and O–H groups in total. The van der Waals surface area contributed by atoms with E-state index in [2.05, 4.69) is 14.8 Å². The molecular formula is C12H28BN. The highest BCUT2D eigenvalue weighted by atomic mass is 14.6. The zero-order chi connectivity index (χ0) is 10.6. The molecule has 0 aliphatic rings. The van der Waals surface area contributed by atoms with Gasteiger partial charge in [-0.25, -0.2) is 0 Å². The van der Waals surface area contributed by atoms with Crippen molar-refractivity contribution >= 4 is 7.85 Å². The van der Waals surface area contributed by atoms with E-state index in [1.54, 1.807) is 0 Å². The second kappa shape index (κ2) is 11.1. The Labute approximate surface area is 91.2 Å². The Balaban J connectivity index is 2.85. The predicted molar refractivity (Wildman–Crippen MR) is 68.4 cm³/mol. The smallest absolute Gasteiger partial charge is 0.123 e. The summed E-state index contributed by atoms with van der Waals surface area (Å²) in [5.41, 5.74) is 5.69. The fourth-order valence-electron chi connectivity index (χ4n) is 1.78. The molecule has 1 unspecified atom stereocenters. The van der Waals surface area contributed by atoms with Crippen molar-refractivity contribution in [1.82, 2.24) is 0 Å². The molecule has 0 aromatic heterocycles. The Morgan fingerprint density at radius 2 is 1.29 bits per heavy atom. The van der Waals surface area contributed by atoms with Crippen molar-refractivity contribution in [3.8, 4) is 0 Å². The van der Waals surface area contributed by atoms with E-state index >= 15 is 0 Å². The second-order valence-corrected chi connectivity index (χ2v) is 4.59. The second-order valence-electron chi connectivity index (χ2n) is 4.59. The van der Waals surface area contributed by atoms with Gasteiger partial charge in [0.2, 0.25) is 0 Å². The van der Waals surface area contributed by atoms with Gasteiger partial charge in [-0.1, -0.05) is 64.7 Å². The standard InChI is InChI=1S/C12H28BN/c1-2-3-4-5-6-7-8-9-10-11-12(13)14/h12H,2-11,13-14H2,1H3. The average molecular weight is 197 g/mol. The van der Waals surface area contributed by atoms with Crippen LogP contribution < -0.4 is 5.73 Å². The summed E-state index contributed by atoms with van der Waals surface area (Å²) in [4.78, 5) is 0. The van der Waals surface area contributed by atoms with Crippen LogP contribution in [0, 0.1) is 0 Å². The van der Waals surface area contributed by atoms with Gasteiger partial charge in [-0.05, 0) is 12.4 Å². The van der Waals surface area contributed by atoms with Crippen LogP contribution in [0.15, 0.2) is 0 Å². The SMILES string of the molecule is BC(N)CCCCCCCCCCC. The summed E-state index contributed by atoms with van der Waals surface area (Å²) in [6.07, 6.45) is 13.9. The molecule has 0 aromatic carbocycles. The summed E-state index contributed by atoms with van der Waals surface area (Å²) in [5, 5.41) is 0. The number of rotatable bonds is 10. The molecule has 0 rings (SSSR count). The molecule has 0 spiro atoms. The monoisotopic (exact) mass is 197 g/mol. The zero-order valence-electron chi connectivity index (χ0n) is 10.2. The summed E-state index contributed by atoms with van der Waals surface area (Å²) in [7, 11) is 2.10. The summed E-state index contributed by atoms with van der Waals surface area (Å²) in [5.74, 6) is 0.402. The van der Waals surface area contributed by atoms with E-state index in [1.807, 2.05) is 0 Å². The molecule has 1 nitrogen and oxygen atoms in total. The molecule has 84 valence electrons. The van der Waals surface area contributed by atoms with Gasteiger partial charge < -0.3 is 5.73 Å². The largest absolute Gasteiger partial charge is 0.335 e. The molecule has 0 saturated carbocycles. The Morgan fingerprint density at radius 3 is 1.71 bits per heavy atom. The number of unbranched alkanes of at least 4 members (excludes halogenated alkanes) is 8. The summed E-state index contributed by atoms with van der Waals surface area (Å²) >= 11 is 0. The third-order valence-electron chi connectivity index (χ3n) is 2.76. The van der Waals surface area contributed by atoms with Gasteiger partial charge in [-0.3, -0.25) is 0 Å². The summed E-state index contributed by atoms with van der Waals surface area (Å²) in [6.45, 7) is 2.27. The predicted octanol–water partition coefficient (Wildman–Crippen LogP) is 2.83. The molecule has 0 aromatic rings. The van der Waals surface area contributed by atoms with E-state index in [0.717, 1.165) is 0 Å². The summed E-state index contributed by atoms with van der Waals surface area (Å²) in [6, 6.07) is 0. The van der Waals surface area contributed by atoms with Crippen LogP contribution in [0.25, 0.3) is 0 Å².